The summed E-state index contributed by atoms with van der Waals surface area (Å²) in [6.45, 7) is 3.40. The third-order valence-corrected chi connectivity index (χ3v) is 8.41. The summed E-state index contributed by atoms with van der Waals surface area (Å²) in [4.78, 5) is 13.6. The maximum Gasteiger partial charge on any atom is 0.193 e. The summed E-state index contributed by atoms with van der Waals surface area (Å²) in [5, 5.41) is 0.630. The van der Waals surface area contributed by atoms with Crippen molar-refractivity contribution < 1.29 is 13.2 Å². The Labute approximate surface area is 215 Å². The van der Waals surface area contributed by atoms with Crippen molar-refractivity contribution in [3.05, 3.63) is 72.4 Å². The van der Waals surface area contributed by atoms with E-state index in [1.54, 1.807) is 18.7 Å². The van der Waals surface area contributed by atoms with Crippen LogP contribution in [0.15, 0.2) is 66.2 Å². The quantitative estimate of drug-likeness (QED) is 0.337. The van der Waals surface area contributed by atoms with Gasteiger partial charge in [0.15, 0.2) is 14.9 Å². The van der Waals surface area contributed by atoms with Gasteiger partial charge in [-0.3, -0.25) is 4.98 Å². The zero-order valence-electron chi connectivity index (χ0n) is 21.1. The Hall–Kier alpha value is -3.56. The minimum absolute atomic E-state index is 0.0235. The van der Waals surface area contributed by atoms with Gasteiger partial charge >= 0.3 is 0 Å². The van der Waals surface area contributed by atoms with E-state index in [2.05, 4.69) is 44.9 Å². The van der Waals surface area contributed by atoms with E-state index >= 15 is 0 Å². The fourth-order valence-electron chi connectivity index (χ4n) is 5.80. The van der Waals surface area contributed by atoms with Crippen molar-refractivity contribution in [1.29, 1.82) is 0 Å². The predicted octanol–water partition coefficient (Wildman–Crippen LogP) is 4.71. The Bertz CT molecular complexity index is 1700. The van der Waals surface area contributed by atoms with Crippen molar-refractivity contribution >= 4 is 31.8 Å². The van der Waals surface area contributed by atoms with Crippen LogP contribution in [0.2, 0.25) is 0 Å². The second-order valence-electron chi connectivity index (χ2n) is 9.84. The molecule has 1 fully saturated rings. The number of pyridine rings is 2. The highest BCUT2D eigenvalue weighted by Crippen LogP contribution is 2.42. The van der Waals surface area contributed by atoms with Gasteiger partial charge in [-0.15, -0.1) is 0 Å². The lowest BCUT2D eigenvalue weighted by Gasteiger charge is -2.33. The fourth-order valence-corrected chi connectivity index (χ4v) is 6.62. The first-order valence-corrected chi connectivity index (χ1v) is 14.3. The van der Waals surface area contributed by atoms with Gasteiger partial charge in [-0.25, -0.2) is 18.4 Å². The summed E-state index contributed by atoms with van der Waals surface area (Å²) in [6.07, 6.45) is 8.23. The van der Waals surface area contributed by atoms with Crippen LogP contribution in [-0.2, 0) is 21.6 Å². The number of hydrogen-bond donors (Lipinski definition) is 0. The molecule has 0 spiro atoms. The standard InChI is InChI=1S/C28H29N5O3S/c1-18-26(32(2)17-31-18)21-15-23-25(30-16-21)24-22(9-12-29-28(24)37(3,34)35)33(23)27(19-7-5-4-6-8-19)20-10-13-36-14-11-20/h4-9,12,15-17,20,27H,10-11,13-14H2,1-3H3/t27-/m1/s1. The maximum atomic E-state index is 12.9. The SMILES string of the molecule is Cc1ncn(C)c1-c1cnc2c3c(S(C)(=O)=O)nccc3n([C@H](c3ccccc3)C3CCOCC3)c2c1. The number of benzene rings is 1. The van der Waals surface area contributed by atoms with E-state index < -0.39 is 9.84 Å². The van der Waals surface area contributed by atoms with Crippen LogP contribution in [0.4, 0.5) is 0 Å². The molecule has 9 heteroatoms. The average Bonchev–Trinajstić information content (AvgIpc) is 3.41. The van der Waals surface area contributed by atoms with Crippen LogP contribution >= 0.6 is 0 Å². The Kier molecular flexibility index (Phi) is 5.84. The van der Waals surface area contributed by atoms with E-state index in [1.165, 1.54) is 11.8 Å². The van der Waals surface area contributed by atoms with Gasteiger partial charge < -0.3 is 13.9 Å². The molecule has 8 nitrogen and oxygen atoms in total. The third kappa shape index (κ3) is 4.02. The summed E-state index contributed by atoms with van der Waals surface area (Å²) < 4.78 is 35.7. The topological polar surface area (TPSA) is 91.9 Å². The Morgan fingerprint density at radius 3 is 2.46 bits per heavy atom. The van der Waals surface area contributed by atoms with Crippen molar-refractivity contribution in [3.63, 3.8) is 0 Å². The highest BCUT2D eigenvalue weighted by molar-refractivity contribution is 7.90. The van der Waals surface area contributed by atoms with Gasteiger partial charge in [0.05, 0.1) is 45.7 Å². The molecule has 1 aliphatic rings. The van der Waals surface area contributed by atoms with E-state index in [9.17, 15) is 8.42 Å². The van der Waals surface area contributed by atoms with Crippen LogP contribution in [0.25, 0.3) is 33.2 Å². The number of nitrogens with zero attached hydrogens (tertiary/aromatic N) is 5. The molecule has 6 rings (SSSR count). The van der Waals surface area contributed by atoms with Gasteiger partial charge in [0.2, 0.25) is 0 Å². The smallest absolute Gasteiger partial charge is 0.193 e. The van der Waals surface area contributed by atoms with Crippen molar-refractivity contribution in [2.24, 2.45) is 13.0 Å². The highest BCUT2D eigenvalue weighted by atomic mass is 32.2. The lowest BCUT2D eigenvalue weighted by molar-refractivity contribution is 0.0553. The number of imidazole rings is 1. The van der Waals surface area contributed by atoms with Crippen molar-refractivity contribution in [3.8, 4) is 11.3 Å². The predicted molar refractivity (Wildman–Crippen MR) is 143 cm³/mol. The molecule has 5 aromatic rings. The van der Waals surface area contributed by atoms with Crippen molar-refractivity contribution in [2.75, 3.05) is 19.5 Å². The second kappa shape index (κ2) is 9.08. The summed E-state index contributed by atoms with van der Waals surface area (Å²) in [5.74, 6) is 0.312. The minimum atomic E-state index is -3.59. The molecular weight excluding hydrogens is 486 g/mol. The molecule has 1 aromatic carbocycles. The lowest BCUT2D eigenvalue weighted by Crippen LogP contribution is -2.27. The van der Waals surface area contributed by atoms with Crippen molar-refractivity contribution in [1.82, 2.24) is 24.1 Å². The molecule has 0 saturated carbocycles. The molecule has 37 heavy (non-hydrogen) atoms. The van der Waals surface area contributed by atoms with E-state index in [1.807, 2.05) is 30.7 Å². The molecule has 0 N–H and O–H groups in total. The van der Waals surface area contributed by atoms with Crippen LogP contribution in [0.5, 0.6) is 0 Å². The summed E-state index contributed by atoms with van der Waals surface area (Å²) in [7, 11) is -1.62. The normalized spacial score (nSPS) is 16.0. The van der Waals surface area contributed by atoms with Gasteiger partial charge in [-0.2, -0.15) is 0 Å². The number of hydrogen-bond acceptors (Lipinski definition) is 6. The van der Waals surface area contributed by atoms with Gasteiger partial charge in [-0.1, -0.05) is 30.3 Å². The molecule has 4 aromatic heterocycles. The largest absolute Gasteiger partial charge is 0.381 e. The van der Waals surface area contributed by atoms with Gasteiger partial charge in [-0.05, 0) is 43.4 Å². The van der Waals surface area contributed by atoms with Crippen molar-refractivity contribution in [2.45, 2.75) is 30.8 Å². The molecule has 5 heterocycles. The summed E-state index contributed by atoms with van der Waals surface area (Å²) >= 11 is 0. The molecular formula is C28H29N5O3S. The Balaban J connectivity index is 1.73. The molecule has 0 aliphatic carbocycles. The van der Waals surface area contributed by atoms with Crippen LogP contribution in [0.3, 0.4) is 0 Å². The van der Waals surface area contributed by atoms with E-state index in [0.29, 0.717) is 30.0 Å². The molecule has 0 unspecified atom stereocenters. The molecule has 0 amide bonds. The molecule has 1 saturated heterocycles. The number of sulfone groups is 1. The maximum absolute atomic E-state index is 12.9. The molecule has 0 bridgehead atoms. The van der Waals surface area contributed by atoms with Crippen LogP contribution in [0.1, 0.15) is 30.1 Å². The first-order valence-electron chi connectivity index (χ1n) is 12.4. The number of fused-ring (bicyclic) bond motifs is 3. The second-order valence-corrected chi connectivity index (χ2v) is 11.8. The third-order valence-electron chi connectivity index (χ3n) is 7.39. The number of ether oxygens (including phenoxy) is 1. The number of aromatic nitrogens is 5. The molecule has 0 radical (unpaired) electrons. The summed E-state index contributed by atoms with van der Waals surface area (Å²) in [5.41, 5.74) is 6.34. The Morgan fingerprint density at radius 1 is 1.03 bits per heavy atom. The highest BCUT2D eigenvalue weighted by Gasteiger charge is 2.32. The van der Waals surface area contributed by atoms with Gasteiger partial charge in [0, 0.05) is 44.5 Å². The molecule has 1 aliphatic heterocycles. The fraction of sp³-hybridized carbons (Fsp3) is 0.321. The monoisotopic (exact) mass is 515 g/mol. The van der Waals surface area contributed by atoms with E-state index in [0.717, 1.165) is 40.8 Å². The Morgan fingerprint density at radius 2 is 1.78 bits per heavy atom. The zero-order valence-corrected chi connectivity index (χ0v) is 21.9. The van der Waals surface area contributed by atoms with Crippen LogP contribution in [-0.4, -0.2) is 52.0 Å². The van der Waals surface area contributed by atoms with Crippen LogP contribution < -0.4 is 0 Å². The van der Waals surface area contributed by atoms with E-state index in [-0.39, 0.29) is 11.1 Å². The molecule has 1 atom stereocenters. The van der Waals surface area contributed by atoms with Crippen LogP contribution in [0, 0.1) is 12.8 Å². The first-order chi connectivity index (χ1) is 17.8. The van der Waals surface area contributed by atoms with Gasteiger partial charge in [0.1, 0.15) is 0 Å². The summed E-state index contributed by atoms with van der Waals surface area (Å²) in [6, 6.07) is 14.4. The van der Waals surface area contributed by atoms with Gasteiger partial charge in [0.25, 0.3) is 0 Å². The minimum Gasteiger partial charge on any atom is -0.381 e. The van der Waals surface area contributed by atoms with E-state index in [4.69, 9.17) is 9.72 Å². The lowest BCUT2D eigenvalue weighted by atomic mass is 9.86. The average molecular weight is 516 g/mol. The number of aryl methyl sites for hydroxylation is 2. The molecule has 190 valence electrons. The first kappa shape index (κ1) is 23.8. The zero-order chi connectivity index (χ0) is 25.7. The number of rotatable bonds is 5.